The van der Waals surface area contributed by atoms with Crippen molar-refractivity contribution in [2.75, 3.05) is 25.3 Å². The summed E-state index contributed by atoms with van der Waals surface area (Å²) in [4.78, 5) is 1.25. The maximum atomic E-state index is 5.53. The number of thioether (sulfide) groups is 1. The summed E-state index contributed by atoms with van der Waals surface area (Å²) in [6, 6.07) is 14.4. The fourth-order valence-corrected chi connectivity index (χ4v) is 2.49. The van der Waals surface area contributed by atoms with Gasteiger partial charge in [0.25, 0.3) is 0 Å². The van der Waals surface area contributed by atoms with E-state index in [9.17, 15) is 0 Å². The molecular formula is C17H21NO2S. The SMILES string of the molecule is CCOc1ccc(CNc2cccc(SC)c2)cc1OC. The number of nitrogens with one attached hydrogen (secondary N) is 1. The molecule has 0 bridgehead atoms. The highest BCUT2D eigenvalue weighted by molar-refractivity contribution is 7.98. The van der Waals surface area contributed by atoms with Crippen molar-refractivity contribution in [2.45, 2.75) is 18.4 Å². The van der Waals surface area contributed by atoms with E-state index in [0.29, 0.717) is 6.61 Å². The van der Waals surface area contributed by atoms with E-state index < -0.39 is 0 Å². The van der Waals surface area contributed by atoms with Crippen LogP contribution in [0.4, 0.5) is 5.69 Å². The van der Waals surface area contributed by atoms with Crippen molar-refractivity contribution in [3.63, 3.8) is 0 Å². The molecule has 2 aromatic carbocycles. The number of hydrogen-bond acceptors (Lipinski definition) is 4. The third-order valence-electron chi connectivity index (χ3n) is 3.09. The molecule has 2 aromatic rings. The van der Waals surface area contributed by atoms with Crippen LogP contribution in [0, 0.1) is 0 Å². The number of anilines is 1. The van der Waals surface area contributed by atoms with Crippen LogP contribution in [0.15, 0.2) is 47.4 Å². The lowest BCUT2D eigenvalue weighted by atomic mass is 10.2. The molecule has 0 unspecified atom stereocenters. The van der Waals surface area contributed by atoms with E-state index in [4.69, 9.17) is 9.47 Å². The molecule has 0 saturated carbocycles. The Morgan fingerprint density at radius 3 is 2.67 bits per heavy atom. The molecule has 2 rings (SSSR count). The zero-order chi connectivity index (χ0) is 15.1. The number of hydrogen-bond donors (Lipinski definition) is 1. The number of rotatable bonds is 7. The van der Waals surface area contributed by atoms with Gasteiger partial charge in [0.2, 0.25) is 0 Å². The minimum absolute atomic E-state index is 0.634. The number of ether oxygens (including phenoxy) is 2. The lowest BCUT2D eigenvalue weighted by molar-refractivity contribution is 0.310. The highest BCUT2D eigenvalue weighted by atomic mass is 32.2. The quantitative estimate of drug-likeness (QED) is 0.767. The van der Waals surface area contributed by atoms with Crippen LogP contribution in [0.2, 0.25) is 0 Å². The summed E-state index contributed by atoms with van der Waals surface area (Å²) < 4.78 is 10.9. The minimum Gasteiger partial charge on any atom is -0.493 e. The molecule has 4 heteroatoms. The molecule has 0 fully saturated rings. The second-order valence-electron chi connectivity index (χ2n) is 4.50. The van der Waals surface area contributed by atoms with E-state index in [0.717, 1.165) is 29.3 Å². The van der Waals surface area contributed by atoms with Crippen molar-refractivity contribution in [1.29, 1.82) is 0 Å². The largest absolute Gasteiger partial charge is 0.493 e. The van der Waals surface area contributed by atoms with Gasteiger partial charge in [0, 0.05) is 17.1 Å². The first-order valence-corrected chi connectivity index (χ1v) is 8.17. The standard InChI is InChI=1S/C17H21NO2S/c1-4-20-16-9-8-13(10-17(16)19-2)12-18-14-6-5-7-15(11-14)21-3/h5-11,18H,4,12H2,1-3H3. The molecule has 1 N–H and O–H groups in total. The summed E-state index contributed by atoms with van der Waals surface area (Å²) >= 11 is 1.74. The molecule has 112 valence electrons. The van der Waals surface area contributed by atoms with Crippen LogP contribution >= 0.6 is 11.8 Å². The van der Waals surface area contributed by atoms with Gasteiger partial charge >= 0.3 is 0 Å². The maximum absolute atomic E-state index is 5.53. The van der Waals surface area contributed by atoms with Gasteiger partial charge in [-0.25, -0.2) is 0 Å². The van der Waals surface area contributed by atoms with Crippen LogP contribution in [0.3, 0.4) is 0 Å². The lowest BCUT2D eigenvalue weighted by Gasteiger charge is -2.12. The zero-order valence-electron chi connectivity index (χ0n) is 12.7. The van der Waals surface area contributed by atoms with Gasteiger partial charge in [-0.3, -0.25) is 0 Å². The predicted octanol–water partition coefficient (Wildman–Crippen LogP) is 4.43. The average molecular weight is 303 g/mol. The monoisotopic (exact) mass is 303 g/mol. The van der Waals surface area contributed by atoms with Gasteiger partial charge < -0.3 is 14.8 Å². The van der Waals surface area contributed by atoms with Crippen LogP contribution < -0.4 is 14.8 Å². The average Bonchev–Trinajstić information content (AvgIpc) is 2.54. The van der Waals surface area contributed by atoms with Gasteiger partial charge in [-0.1, -0.05) is 12.1 Å². The van der Waals surface area contributed by atoms with Gasteiger partial charge in [0.05, 0.1) is 13.7 Å². The van der Waals surface area contributed by atoms with E-state index in [1.54, 1.807) is 18.9 Å². The van der Waals surface area contributed by atoms with E-state index in [1.165, 1.54) is 4.90 Å². The number of methoxy groups -OCH3 is 1. The normalized spacial score (nSPS) is 10.2. The van der Waals surface area contributed by atoms with E-state index in [-0.39, 0.29) is 0 Å². The topological polar surface area (TPSA) is 30.5 Å². The van der Waals surface area contributed by atoms with Gasteiger partial charge in [0.1, 0.15) is 0 Å². The smallest absolute Gasteiger partial charge is 0.161 e. The first-order chi connectivity index (χ1) is 10.3. The second-order valence-corrected chi connectivity index (χ2v) is 5.38. The first-order valence-electron chi connectivity index (χ1n) is 6.94. The Kier molecular flexibility index (Phi) is 5.81. The molecule has 0 heterocycles. The van der Waals surface area contributed by atoms with Crippen LogP contribution in [-0.2, 0) is 6.54 Å². The Morgan fingerprint density at radius 1 is 1.10 bits per heavy atom. The van der Waals surface area contributed by atoms with Crippen molar-refractivity contribution in [1.82, 2.24) is 0 Å². The van der Waals surface area contributed by atoms with Crippen molar-refractivity contribution in [3.8, 4) is 11.5 Å². The Hall–Kier alpha value is -1.81. The summed E-state index contributed by atoms with van der Waals surface area (Å²) in [6.07, 6.45) is 2.08. The van der Waals surface area contributed by atoms with Crippen LogP contribution in [0.1, 0.15) is 12.5 Å². The summed E-state index contributed by atoms with van der Waals surface area (Å²) in [5, 5.41) is 3.43. The van der Waals surface area contributed by atoms with E-state index in [2.05, 4.69) is 41.9 Å². The minimum atomic E-state index is 0.634. The van der Waals surface area contributed by atoms with Crippen molar-refractivity contribution in [3.05, 3.63) is 48.0 Å². The Labute approximate surface area is 130 Å². The van der Waals surface area contributed by atoms with Crippen LogP contribution in [0.25, 0.3) is 0 Å². The van der Waals surface area contributed by atoms with Crippen LogP contribution in [-0.4, -0.2) is 20.0 Å². The molecule has 21 heavy (non-hydrogen) atoms. The lowest BCUT2D eigenvalue weighted by Crippen LogP contribution is -2.01. The Morgan fingerprint density at radius 2 is 1.95 bits per heavy atom. The zero-order valence-corrected chi connectivity index (χ0v) is 13.5. The predicted molar refractivity (Wildman–Crippen MR) is 89.7 cm³/mol. The summed E-state index contributed by atoms with van der Waals surface area (Å²) in [7, 11) is 1.66. The van der Waals surface area contributed by atoms with Gasteiger partial charge in [-0.05, 0) is 49.1 Å². The Balaban J connectivity index is 2.05. The molecular weight excluding hydrogens is 282 g/mol. The molecule has 0 amide bonds. The highest BCUT2D eigenvalue weighted by Crippen LogP contribution is 2.28. The van der Waals surface area contributed by atoms with E-state index >= 15 is 0 Å². The van der Waals surface area contributed by atoms with Gasteiger partial charge in [-0.15, -0.1) is 11.8 Å². The van der Waals surface area contributed by atoms with Crippen molar-refractivity contribution >= 4 is 17.4 Å². The van der Waals surface area contributed by atoms with Gasteiger partial charge in [0.15, 0.2) is 11.5 Å². The third kappa shape index (κ3) is 4.33. The van der Waals surface area contributed by atoms with Crippen LogP contribution in [0.5, 0.6) is 11.5 Å². The summed E-state index contributed by atoms with van der Waals surface area (Å²) in [6.45, 7) is 3.35. The third-order valence-corrected chi connectivity index (χ3v) is 3.82. The highest BCUT2D eigenvalue weighted by Gasteiger charge is 2.05. The second kappa shape index (κ2) is 7.84. The van der Waals surface area contributed by atoms with Crippen molar-refractivity contribution in [2.24, 2.45) is 0 Å². The molecule has 0 saturated heterocycles. The first kappa shape index (κ1) is 15.6. The van der Waals surface area contributed by atoms with E-state index in [1.807, 2.05) is 19.1 Å². The molecule has 0 aliphatic carbocycles. The molecule has 0 aliphatic heterocycles. The van der Waals surface area contributed by atoms with Crippen molar-refractivity contribution < 1.29 is 9.47 Å². The maximum Gasteiger partial charge on any atom is 0.161 e. The molecule has 3 nitrogen and oxygen atoms in total. The number of benzene rings is 2. The molecule has 0 atom stereocenters. The fraction of sp³-hybridized carbons (Fsp3) is 0.294. The summed E-state index contributed by atoms with van der Waals surface area (Å²) in [5.74, 6) is 1.56. The molecule has 0 aliphatic rings. The molecule has 0 aromatic heterocycles. The fourth-order valence-electron chi connectivity index (χ4n) is 2.03. The molecule has 0 spiro atoms. The van der Waals surface area contributed by atoms with Gasteiger partial charge in [-0.2, -0.15) is 0 Å². The molecule has 0 radical (unpaired) electrons. The Bertz CT molecular complexity index is 587. The summed E-state index contributed by atoms with van der Waals surface area (Å²) in [5.41, 5.74) is 2.28.